The molecule has 0 unspecified atom stereocenters. The average molecular weight is 307 g/mol. The van der Waals surface area contributed by atoms with E-state index >= 15 is 0 Å². The van der Waals surface area contributed by atoms with Gasteiger partial charge < -0.3 is 0 Å². The second-order valence-electron chi connectivity index (χ2n) is 5.60. The first kappa shape index (κ1) is 12.0. The van der Waals surface area contributed by atoms with Crippen LogP contribution in [0.4, 0.5) is 0 Å². The van der Waals surface area contributed by atoms with E-state index in [9.17, 15) is 0 Å². The molecule has 0 bridgehead atoms. The molecular weight excluding hydrogens is 281 g/mol. The van der Waals surface area contributed by atoms with Crippen molar-refractivity contribution < 1.29 is 0 Å². The van der Waals surface area contributed by atoms with Gasteiger partial charge in [0.25, 0.3) is 0 Å². The molecule has 1 heterocycles. The smallest absolute Gasteiger partial charge is 0.00896 e. The Kier molecular flexibility index (Phi) is 5.96. The zero-order valence-corrected chi connectivity index (χ0v) is 19.3. The molecule has 82 valence electrons. The summed E-state index contributed by atoms with van der Waals surface area (Å²) in [5, 5.41) is 0. The second kappa shape index (κ2) is 6.96. The first-order valence-corrected chi connectivity index (χ1v) is 33.6. The van der Waals surface area contributed by atoms with Crippen LogP contribution in [0.1, 0.15) is 38.5 Å². The molecular formula is C7H26Si7. The maximum absolute atomic E-state index is 1.74. The maximum atomic E-state index is 1.74. The monoisotopic (exact) mass is 306 g/mol. The summed E-state index contributed by atoms with van der Waals surface area (Å²) in [4.78, 5) is 0. The van der Waals surface area contributed by atoms with Crippen LogP contribution in [-0.2, 0) is 0 Å². The molecule has 7 heteroatoms. The SMILES string of the molecule is C1CCCC([SiH2][SiH]2[SiH2][SiH2][SiH2][SiH2][SiH2]2)CC1. The van der Waals surface area contributed by atoms with Gasteiger partial charge in [0, 0.05) is 9.04 Å². The molecule has 0 aromatic rings. The lowest BCUT2D eigenvalue weighted by Crippen LogP contribution is -2.52. The molecule has 0 N–H and O–H groups in total. The summed E-state index contributed by atoms with van der Waals surface area (Å²) in [6.07, 6.45) is 9.96. The van der Waals surface area contributed by atoms with Gasteiger partial charge in [0.1, 0.15) is 0 Å². The molecule has 2 aliphatic rings. The Morgan fingerprint density at radius 2 is 1.50 bits per heavy atom. The van der Waals surface area contributed by atoms with E-state index in [0.717, 1.165) is 42.8 Å². The van der Waals surface area contributed by atoms with E-state index < -0.39 is 0 Å². The van der Waals surface area contributed by atoms with Crippen molar-refractivity contribution in [1.29, 1.82) is 0 Å². The third-order valence-electron chi connectivity index (χ3n) is 4.37. The minimum Gasteiger partial charge on any atom is -0.0542 e. The minimum absolute atomic E-state index is 0.355. The zero-order chi connectivity index (χ0) is 9.64. The molecule has 1 saturated heterocycles. The van der Waals surface area contributed by atoms with Gasteiger partial charge in [0.2, 0.25) is 0 Å². The Balaban J connectivity index is 1.71. The van der Waals surface area contributed by atoms with Crippen LogP contribution >= 0.6 is 0 Å². The molecule has 0 radical (unpaired) electrons. The highest BCUT2D eigenvalue weighted by molar-refractivity contribution is 7.87. The first-order chi connectivity index (χ1) is 6.95. The average Bonchev–Trinajstić information content (AvgIpc) is 2.48. The molecule has 0 aromatic carbocycles. The fraction of sp³-hybridized carbons (Fsp3) is 1.00. The molecule has 0 nitrogen and oxygen atoms in total. The molecule has 1 aliphatic carbocycles. The highest BCUT2D eigenvalue weighted by atomic mass is 30.2. The van der Waals surface area contributed by atoms with Crippen LogP contribution in [0.25, 0.3) is 0 Å². The molecule has 1 saturated carbocycles. The topological polar surface area (TPSA) is 0 Å². The van der Waals surface area contributed by atoms with Crippen LogP contribution in [-0.4, -0.2) is 59.2 Å². The quantitative estimate of drug-likeness (QED) is 0.367. The summed E-state index contributed by atoms with van der Waals surface area (Å²) < 4.78 is 0. The molecule has 0 amide bonds. The normalized spacial score (nSPS) is 40.7. The summed E-state index contributed by atoms with van der Waals surface area (Å²) in [6.45, 7) is 0. The molecule has 2 fully saturated rings. The van der Waals surface area contributed by atoms with Crippen LogP contribution in [0, 0.1) is 0 Å². The fourth-order valence-electron chi connectivity index (χ4n) is 3.49. The lowest BCUT2D eigenvalue weighted by Gasteiger charge is -2.22. The number of rotatable bonds is 2. The van der Waals surface area contributed by atoms with E-state index in [4.69, 9.17) is 0 Å². The molecule has 0 aromatic heterocycles. The van der Waals surface area contributed by atoms with Crippen molar-refractivity contribution in [3.63, 3.8) is 0 Å². The summed E-state index contributed by atoms with van der Waals surface area (Å²) in [6, 6.07) is 0. The van der Waals surface area contributed by atoms with Gasteiger partial charge >= 0.3 is 0 Å². The summed E-state index contributed by atoms with van der Waals surface area (Å²) >= 11 is 0. The minimum atomic E-state index is 0.355. The third kappa shape index (κ3) is 4.18. The van der Waals surface area contributed by atoms with Gasteiger partial charge in [-0.3, -0.25) is 0 Å². The Hall–Kier alpha value is 1.52. The Morgan fingerprint density at radius 3 is 2.14 bits per heavy atom. The van der Waals surface area contributed by atoms with E-state index in [0.29, 0.717) is 16.4 Å². The maximum Gasteiger partial charge on any atom is 0.00896 e. The van der Waals surface area contributed by atoms with Crippen molar-refractivity contribution in [3.8, 4) is 0 Å². The second-order valence-corrected chi connectivity index (χ2v) is 73.7. The Morgan fingerprint density at radius 1 is 0.857 bits per heavy atom. The van der Waals surface area contributed by atoms with Crippen molar-refractivity contribution in [2.75, 3.05) is 0 Å². The van der Waals surface area contributed by atoms with Crippen molar-refractivity contribution in [2.45, 2.75) is 44.1 Å². The molecule has 0 atom stereocenters. The lowest BCUT2D eigenvalue weighted by molar-refractivity contribution is 0.697. The van der Waals surface area contributed by atoms with E-state index in [-0.39, 0.29) is 0 Å². The van der Waals surface area contributed by atoms with Gasteiger partial charge in [-0.1, -0.05) is 44.1 Å². The van der Waals surface area contributed by atoms with Crippen LogP contribution in [0.5, 0.6) is 0 Å². The number of hydrogen-bond donors (Lipinski definition) is 0. The van der Waals surface area contributed by atoms with Crippen molar-refractivity contribution >= 4 is 59.2 Å². The van der Waals surface area contributed by atoms with Gasteiger partial charge in [-0.15, -0.1) is 0 Å². The highest BCUT2D eigenvalue weighted by Crippen LogP contribution is 2.26. The summed E-state index contributed by atoms with van der Waals surface area (Å²) in [5.74, 6) is 0. The highest BCUT2D eigenvalue weighted by Gasteiger charge is 2.22. The fourth-order valence-corrected chi connectivity index (χ4v) is 324. The summed E-state index contributed by atoms with van der Waals surface area (Å²) in [5.41, 5.74) is 1.44. The van der Waals surface area contributed by atoms with Crippen molar-refractivity contribution in [2.24, 2.45) is 0 Å². The lowest BCUT2D eigenvalue weighted by atomic mass is 10.2. The van der Waals surface area contributed by atoms with E-state index in [1.54, 1.807) is 38.5 Å². The van der Waals surface area contributed by atoms with Gasteiger partial charge in [-0.25, -0.2) is 0 Å². The van der Waals surface area contributed by atoms with Crippen LogP contribution in [0.2, 0.25) is 5.54 Å². The largest absolute Gasteiger partial charge is 0.0542 e. The van der Waals surface area contributed by atoms with Gasteiger partial charge in [-0.05, 0) is 50.1 Å². The van der Waals surface area contributed by atoms with Crippen LogP contribution < -0.4 is 0 Å². The Bertz CT molecular complexity index is 150. The molecule has 14 heavy (non-hydrogen) atoms. The van der Waals surface area contributed by atoms with E-state index in [2.05, 4.69) is 0 Å². The first-order valence-electron chi connectivity index (χ1n) is 6.95. The summed E-state index contributed by atoms with van der Waals surface area (Å²) in [7, 11) is 5.38. The van der Waals surface area contributed by atoms with E-state index in [1.165, 1.54) is 5.54 Å². The molecule has 2 rings (SSSR count). The third-order valence-corrected chi connectivity index (χ3v) is 154. The predicted octanol–water partition coefficient (Wildman–Crippen LogP) is -3.47. The van der Waals surface area contributed by atoms with Gasteiger partial charge in [0.05, 0.1) is 0 Å². The zero-order valence-electron chi connectivity index (χ0n) is 9.64. The molecule has 1 aliphatic heterocycles. The van der Waals surface area contributed by atoms with Crippen molar-refractivity contribution in [1.82, 2.24) is 0 Å². The Labute approximate surface area is 103 Å². The van der Waals surface area contributed by atoms with Crippen LogP contribution in [0.3, 0.4) is 0 Å². The predicted molar refractivity (Wildman–Crippen MR) is 89.9 cm³/mol. The standard InChI is InChI=1S/C7H26Si7/c1-2-4-6-7(5-3-1)8-14-12-10-9-11-13-14/h7,14H,1-6,8-13H2. The van der Waals surface area contributed by atoms with Gasteiger partial charge in [-0.2, -0.15) is 0 Å². The number of hydrogen-bond acceptors (Lipinski definition) is 0. The van der Waals surface area contributed by atoms with E-state index in [1.807, 2.05) is 0 Å². The van der Waals surface area contributed by atoms with Gasteiger partial charge in [0.15, 0.2) is 0 Å². The van der Waals surface area contributed by atoms with Crippen molar-refractivity contribution in [3.05, 3.63) is 0 Å². The molecule has 0 spiro atoms. The van der Waals surface area contributed by atoms with Crippen LogP contribution in [0.15, 0.2) is 0 Å².